The zero-order valence-corrected chi connectivity index (χ0v) is 35.1. The normalized spacial score (nSPS) is 39.1. The average molecular weight is 795 g/mol. The molecule has 0 radical (unpaired) electrons. The number of aliphatic hydroxyl groups is 2. The van der Waals surface area contributed by atoms with Crippen molar-refractivity contribution in [3.63, 3.8) is 0 Å². The summed E-state index contributed by atoms with van der Waals surface area (Å²) >= 11 is 0. The number of aliphatic hydroxyl groups excluding tert-OH is 1. The third-order valence-corrected chi connectivity index (χ3v) is 13.1. The topological polar surface area (TPSA) is 168 Å². The van der Waals surface area contributed by atoms with E-state index in [1.54, 1.807) is 38.8 Å². The first-order valence-electron chi connectivity index (χ1n) is 20.5. The monoisotopic (exact) mass is 794 g/mol. The molecule has 0 saturated carbocycles. The van der Waals surface area contributed by atoms with Gasteiger partial charge in [-0.15, -0.1) is 0 Å². The highest BCUT2D eigenvalue weighted by Gasteiger charge is 2.62. The van der Waals surface area contributed by atoms with Gasteiger partial charge in [0, 0.05) is 55.0 Å². The van der Waals surface area contributed by atoms with Crippen molar-refractivity contribution in [2.75, 3.05) is 27.2 Å². The second-order valence-corrected chi connectivity index (χ2v) is 17.8. The van der Waals surface area contributed by atoms with Crippen LogP contribution >= 0.6 is 0 Å². The highest BCUT2D eigenvalue weighted by Crippen LogP contribution is 2.44. The van der Waals surface area contributed by atoms with E-state index in [0.29, 0.717) is 26.1 Å². The summed E-state index contributed by atoms with van der Waals surface area (Å²) in [6.07, 6.45) is -3.00. The van der Waals surface area contributed by atoms with Crippen molar-refractivity contribution in [2.45, 2.75) is 141 Å². The molecule has 2 N–H and O–H groups in total. The van der Waals surface area contributed by atoms with Gasteiger partial charge in [0.05, 0.1) is 35.4 Å². The minimum absolute atomic E-state index is 0.110. The maximum atomic E-state index is 14.6. The molecule has 4 fully saturated rings. The lowest BCUT2D eigenvalue weighted by Crippen LogP contribution is -2.65. The summed E-state index contributed by atoms with van der Waals surface area (Å²) in [5, 5.41) is 24.7. The molecule has 13 atom stereocenters. The fourth-order valence-corrected chi connectivity index (χ4v) is 9.94. The molecule has 1 aromatic carbocycles. The molecule has 5 heterocycles. The Kier molecular flexibility index (Phi) is 12.6. The maximum Gasteiger partial charge on any atom is 0.411 e. The average Bonchev–Trinajstić information content (AvgIpc) is 3.41. The molecule has 2 aromatic rings. The van der Waals surface area contributed by atoms with Gasteiger partial charge in [-0.05, 0) is 84.8 Å². The highest BCUT2D eigenvalue weighted by molar-refractivity contribution is 6.00. The number of nitrogens with zero attached hydrogens (tertiary/aromatic N) is 4. The van der Waals surface area contributed by atoms with Crippen LogP contribution in [0.1, 0.15) is 80.2 Å². The summed E-state index contributed by atoms with van der Waals surface area (Å²) in [6, 6.07) is 8.67. The van der Waals surface area contributed by atoms with Crippen molar-refractivity contribution in [3.05, 3.63) is 42.1 Å². The van der Waals surface area contributed by atoms with Gasteiger partial charge < -0.3 is 34.1 Å². The third kappa shape index (κ3) is 8.36. The number of Topliss-reactive ketones (excluding diaryl/α,β-unsaturated/α-hetero) is 2. The number of pyridine rings is 1. The predicted octanol–water partition coefficient (Wildman–Crippen LogP) is 3.97. The van der Waals surface area contributed by atoms with E-state index < -0.39 is 83.4 Å². The number of fused-ring (bicyclic) bond motifs is 2. The van der Waals surface area contributed by atoms with E-state index in [1.807, 2.05) is 57.1 Å². The number of cyclic esters (lactones) is 1. The zero-order valence-electron chi connectivity index (χ0n) is 35.1. The van der Waals surface area contributed by atoms with Gasteiger partial charge in [0.25, 0.3) is 0 Å². The number of hydrogen-bond donors (Lipinski definition) is 2. The lowest BCUT2D eigenvalue weighted by atomic mass is 9.73. The SMILES string of the molecule is CC[C@H]1OC(=O)[C@H](C)C(=O)[C@H](C)[C@@H](O[C@@H]2O[C@H](C)C[C@H](N(C)C)[C@H]2O)[C@](C)(O)C[C@@H](C)C(=O)[C@H](C)[C@H]2N(C3CN(Cc4ccc5ncccc5c4)C3)C(=O)O[C@]12C. The van der Waals surface area contributed by atoms with Gasteiger partial charge in [0.15, 0.2) is 17.7 Å². The number of carbonyl (C=O) groups excluding carboxylic acids is 4. The van der Waals surface area contributed by atoms with Gasteiger partial charge in [0.2, 0.25) is 0 Å². The van der Waals surface area contributed by atoms with Crippen molar-refractivity contribution in [1.82, 2.24) is 19.7 Å². The smallest absolute Gasteiger partial charge is 0.411 e. The Balaban J connectivity index is 1.29. The summed E-state index contributed by atoms with van der Waals surface area (Å²) in [7, 11) is 3.69. The Hall–Kier alpha value is -3.53. The fourth-order valence-electron chi connectivity index (χ4n) is 9.94. The quantitative estimate of drug-likeness (QED) is 0.306. The Labute approximate surface area is 336 Å². The molecule has 0 spiro atoms. The first kappa shape index (κ1) is 43.1. The van der Waals surface area contributed by atoms with E-state index in [0.717, 1.165) is 16.5 Å². The molecule has 1 aromatic heterocycles. The molecule has 57 heavy (non-hydrogen) atoms. The second-order valence-electron chi connectivity index (χ2n) is 17.8. The minimum Gasteiger partial charge on any atom is -0.458 e. The molecule has 6 rings (SSSR count). The molecular weight excluding hydrogens is 732 g/mol. The van der Waals surface area contributed by atoms with Crippen LogP contribution in [0.4, 0.5) is 4.79 Å². The number of benzene rings is 1. The van der Waals surface area contributed by atoms with Crippen molar-refractivity contribution in [2.24, 2.45) is 23.7 Å². The number of rotatable bonds is 7. The van der Waals surface area contributed by atoms with Crippen LogP contribution in [0.3, 0.4) is 0 Å². The van der Waals surface area contributed by atoms with E-state index in [1.165, 1.54) is 13.8 Å². The highest BCUT2D eigenvalue weighted by atomic mass is 16.7. The molecule has 4 aliphatic rings. The van der Waals surface area contributed by atoms with Crippen LogP contribution in [0.5, 0.6) is 0 Å². The van der Waals surface area contributed by atoms with Crippen LogP contribution < -0.4 is 0 Å². The van der Waals surface area contributed by atoms with Gasteiger partial charge >= 0.3 is 12.1 Å². The number of ketones is 2. The zero-order chi connectivity index (χ0) is 41.7. The Morgan fingerprint density at radius 2 is 1.70 bits per heavy atom. The van der Waals surface area contributed by atoms with Crippen molar-refractivity contribution < 1.29 is 48.3 Å². The van der Waals surface area contributed by atoms with E-state index in [2.05, 4.69) is 16.0 Å². The van der Waals surface area contributed by atoms with Gasteiger partial charge in [-0.1, -0.05) is 39.8 Å². The van der Waals surface area contributed by atoms with Crippen LogP contribution in [-0.4, -0.2) is 141 Å². The molecule has 1 amide bonds. The molecule has 14 heteroatoms. The maximum absolute atomic E-state index is 14.6. The van der Waals surface area contributed by atoms with Gasteiger partial charge in [-0.3, -0.25) is 29.2 Å². The second kappa shape index (κ2) is 16.6. The number of ether oxygens (including phenoxy) is 4. The Morgan fingerprint density at radius 3 is 2.37 bits per heavy atom. The van der Waals surface area contributed by atoms with E-state index >= 15 is 0 Å². The van der Waals surface area contributed by atoms with Crippen molar-refractivity contribution >= 4 is 34.5 Å². The fraction of sp³-hybridized carbons (Fsp3) is 0.698. The predicted molar refractivity (Wildman–Crippen MR) is 211 cm³/mol. The number of likely N-dealkylation sites (N-methyl/N-ethyl adjacent to an activating group) is 1. The van der Waals surface area contributed by atoms with E-state index in [-0.39, 0.29) is 36.8 Å². The number of esters is 1. The molecule has 14 nitrogen and oxygen atoms in total. The first-order chi connectivity index (χ1) is 26.8. The first-order valence-corrected chi connectivity index (χ1v) is 20.5. The third-order valence-electron chi connectivity index (χ3n) is 13.1. The summed E-state index contributed by atoms with van der Waals surface area (Å²) in [4.78, 5) is 66.9. The number of likely N-dealkylation sites (tertiary alicyclic amines) is 1. The van der Waals surface area contributed by atoms with Crippen LogP contribution in [0.15, 0.2) is 36.5 Å². The largest absolute Gasteiger partial charge is 0.458 e. The summed E-state index contributed by atoms with van der Waals surface area (Å²) in [5.41, 5.74) is -1.21. The molecule has 4 aliphatic heterocycles. The van der Waals surface area contributed by atoms with Gasteiger partial charge in [-0.2, -0.15) is 0 Å². The van der Waals surface area contributed by atoms with E-state index in [4.69, 9.17) is 18.9 Å². The van der Waals surface area contributed by atoms with E-state index in [9.17, 15) is 29.4 Å². The minimum atomic E-state index is -1.81. The van der Waals surface area contributed by atoms with Crippen molar-refractivity contribution in [3.8, 4) is 0 Å². The number of hydrogen-bond acceptors (Lipinski definition) is 13. The van der Waals surface area contributed by atoms with Crippen molar-refractivity contribution in [1.29, 1.82) is 0 Å². The summed E-state index contributed by atoms with van der Waals surface area (Å²) in [6.45, 7) is 15.2. The summed E-state index contributed by atoms with van der Waals surface area (Å²) < 4.78 is 24.8. The molecule has 0 bridgehead atoms. The number of amides is 1. The van der Waals surface area contributed by atoms with Crippen LogP contribution in [-0.2, 0) is 39.9 Å². The molecule has 314 valence electrons. The number of carbonyl (C=O) groups is 4. The Morgan fingerprint density at radius 1 is 1.00 bits per heavy atom. The number of aromatic nitrogens is 1. The Bertz CT molecular complexity index is 1820. The lowest BCUT2D eigenvalue weighted by Gasteiger charge is -2.48. The van der Waals surface area contributed by atoms with Crippen LogP contribution in [0.2, 0.25) is 0 Å². The van der Waals surface area contributed by atoms with Gasteiger partial charge in [0.1, 0.15) is 23.9 Å². The molecular formula is C43H62N4O10. The van der Waals surface area contributed by atoms with Gasteiger partial charge in [-0.25, -0.2) is 4.79 Å². The molecule has 0 aliphatic carbocycles. The molecule has 4 saturated heterocycles. The summed E-state index contributed by atoms with van der Waals surface area (Å²) in [5.74, 6) is -5.50. The molecule has 0 unspecified atom stereocenters. The van der Waals surface area contributed by atoms with Crippen LogP contribution in [0.25, 0.3) is 10.9 Å². The lowest BCUT2D eigenvalue weighted by molar-refractivity contribution is -0.293. The standard InChI is InChI=1S/C43H62N4O10/c1-11-33-43(8)37(47(41(52)57-43)30-21-46(22-30)20-28-14-15-31-29(18-28)13-12-16-44-31)25(4)34(48)23(2)19-42(7,53)38(26(5)35(49)27(6)39(51)55-33)56-40-36(50)32(45(9)10)17-24(3)54-40/h12-16,18,23-27,30,32-33,36-38,40,50,53H,11,17,19-22H2,1-10H3/t23-,24-,25+,26+,27-,32+,33-,36-,37-,38-,40+,42-,43-/m1/s1. The van der Waals surface area contributed by atoms with Crippen LogP contribution in [0, 0.1) is 23.7 Å².